The predicted molar refractivity (Wildman–Crippen MR) is 116 cm³/mol. The van der Waals surface area contributed by atoms with E-state index < -0.39 is 0 Å². The fourth-order valence-electron chi connectivity index (χ4n) is 3.61. The van der Waals surface area contributed by atoms with Gasteiger partial charge < -0.3 is 15.1 Å². The molecule has 1 saturated heterocycles. The van der Waals surface area contributed by atoms with E-state index in [4.69, 9.17) is 0 Å². The van der Waals surface area contributed by atoms with Crippen LogP contribution in [0.25, 0.3) is 0 Å². The summed E-state index contributed by atoms with van der Waals surface area (Å²) in [5, 5.41) is 2.88. The topological polar surface area (TPSA) is 65.5 Å². The van der Waals surface area contributed by atoms with E-state index in [1.807, 2.05) is 48.2 Å². The van der Waals surface area contributed by atoms with Gasteiger partial charge in [0.15, 0.2) is 0 Å². The lowest BCUT2D eigenvalue weighted by molar-refractivity contribution is -0.136. The third-order valence-electron chi connectivity index (χ3n) is 5.57. The van der Waals surface area contributed by atoms with Gasteiger partial charge in [-0.2, -0.15) is 0 Å². The van der Waals surface area contributed by atoms with E-state index in [1.54, 1.807) is 6.20 Å². The van der Waals surface area contributed by atoms with E-state index in [1.165, 1.54) is 0 Å². The van der Waals surface area contributed by atoms with Crippen LogP contribution in [0.4, 0.5) is 11.5 Å². The Morgan fingerprint density at radius 3 is 2.21 bits per heavy atom. The minimum absolute atomic E-state index is 0.135. The van der Waals surface area contributed by atoms with Crippen LogP contribution in [0.15, 0.2) is 42.6 Å². The lowest BCUT2D eigenvalue weighted by Gasteiger charge is -2.36. The maximum Gasteiger partial charge on any atom is 0.255 e. The Hall–Kier alpha value is -2.89. The molecule has 6 heteroatoms. The van der Waals surface area contributed by atoms with Gasteiger partial charge in [-0.05, 0) is 44.0 Å². The molecular formula is C23H30N4O2. The normalized spacial score (nSPS) is 14.2. The average molecular weight is 395 g/mol. The Labute approximate surface area is 172 Å². The minimum Gasteiger partial charge on any atom is -0.353 e. The number of pyridine rings is 1. The minimum atomic E-state index is -0.145. The van der Waals surface area contributed by atoms with E-state index >= 15 is 0 Å². The van der Waals surface area contributed by atoms with Crippen molar-refractivity contribution >= 4 is 23.3 Å². The van der Waals surface area contributed by atoms with E-state index in [2.05, 4.69) is 29.0 Å². The third-order valence-corrected chi connectivity index (χ3v) is 5.57. The zero-order chi connectivity index (χ0) is 20.8. The predicted octanol–water partition coefficient (Wildman–Crippen LogP) is 3.73. The number of anilines is 2. The number of rotatable bonds is 6. The second-order valence-corrected chi connectivity index (χ2v) is 7.55. The number of amides is 2. The number of carbonyl (C=O) groups is 2. The summed E-state index contributed by atoms with van der Waals surface area (Å²) >= 11 is 0. The summed E-state index contributed by atoms with van der Waals surface area (Å²) in [6, 6.07) is 11.3. The van der Waals surface area contributed by atoms with Crippen LogP contribution in [0.1, 0.15) is 42.6 Å². The SMILES string of the molecule is CCC(CC)C(=O)N1CCN(c2ccc(NC(=O)c3ccc(C)cc3)cn2)CC1. The maximum atomic E-state index is 12.5. The van der Waals surface area contributed by atoms with E-state index in [0.717, 1.165) is 50.4 Å². The number of hydrogen-bond donors (Lipinski definition) is 1. The van der Waals surface area contributed by atoms with Crippen LogP contribution in [-0.4, -0.2) is 47.9 Å². The van der Waals surface area contributed by atoms with Crippen molar-refractivity contribution in [3.05, 3.63) is 53.7 Å². The second-order valence-electron chi connectivity index (χ2n) is 7.55. The van der Waals surface area contributed by atoms with Crippen LogP contribution in [-0.2, 0) is 4.79 Å². The van der Waals surface area contributed by atoms with Crippen LogP contribution in [0.3, 0.4) is 0 Å². The van der Waals surface area contributed by atoms with Crippen molar-refractivity contribution in [2.45, 2.75) is 33.6 Å². The van der Waals surface area contributed by atoms with Crippen molar-refractivity contribution in [2.24, 2.45) is 5.92 Å². The molecule has 1 aromatic carbocycles. The molecule has 3 rings (SSSR count). The van der Waals surface area contributed by atoms with Gasteiger partial charge in [0.05, 0.1) is 11.9 Å². The van der Waals surface area contributed by atoms with Crippen molar-refractivity contribution in [3.63, 3.8) is 0 Å². The van der Waals surface area contributed by atoms with Gasteiger partial charge in [0, 0.05) is 37.7 Å². The monoisotopic (exact) mass is 394 g/mol. The molecule has 2 heterocycles. The Bertz CT molecular complexity index is 821. The lowest BCUT2D eigenvalue weighted by Crippen LogP contribution is -2.50. The molecule has 1 aliphatic heterocycles. The molecule has 0 radical (unpaired) electrons. The Kier molecular flexibility index (Phi) is 6.86. The number of benzene rings is 1. The smallest absolute Gasteiger partial charge is 0.255 e. The summed E-state index contributed by atoms with van der Waals surface area (Å²) in [5.74, 6) is 1.13. The number of nitrogens with one attached hydrogen (secondary N) is 1. The van der Waals surface area contributed by atoms with Gasteiger partial charge in [0.2, 0.25) is 5.91 Å². The standard InChI is InChI=1S/C23H30N4O2/c1-4-18(5-2)23(29)27-14-12-26(13-15-27)21-11-10-20(16-24-21)25-22(28)19-8-6-17(3)7-9-19/h6-11,16,18H,4-5,12-15H2,1-3H3,(H,25,28). The summed E-state index contributed by atoms with van der Waals surface area (Å²) in [6.45, 7) is 9.14. The molecule has 6 nitrogen and oxygen atoms in total. The molecule has 1 N–H and O–H groups in total. The van der Waals surface area contributed by atoms with Gasteiger partial charge in [-0.1, -0.05) is 31.5 Å². The highest BCUT2D eigenvalue weighted by Crippen LogP contribution is 2.19. The zero-order valence-electron chi connectivity index (χ0n) is 17.5. The Balaban J connectivity index is 1.55. The van der Waals surface area contributed by atoms with Gasteiger partial charge in [0.1, 0.15) is 5.82 Å². The fourth-order valence-corrected chi connectivity index (χ4v) is 3.61. The molecule has 154 valence electrons. The molecule has 0 spiro atoms. The van der Waals surface area contributed by atoms with Crippen molar-refractivity contribution in [1.82, 2.24) is 9.88 Å². The molecule has 0 unspecified atom stereocenters. The summed E-state index contributed by atoms with van der Waals surface area (Å²) in [7, 11) is 0. The van der Waals surface area contributed by atoms with Crippen molar-refractivity contribution in [1.29, 1.82) is 0 Å². The van der Waals surface area contributed by atoms with Gasteiger partial charge in [0.25, 0.3) is 5.91 Å². The summed E-state index contributed by atoms with van der Waals surface area (Å²) < 4.78 is 0. The number of aryl methyl sites for hydroxylation is 1. The molecule has 1 aromatic heterocycles. The first-order chi connectivity index (χ1) is 14.0. The van der Waals surface area contributed by atoms with E-state index in [9.17, 15) is 9.59 Å². The van der Waals surface area contributed by atoms with E-state index in [0.29, 0.717) is 11.3 Å². The zero-order valence-corrected chi connectivity index (χ0v) is 17.5. The molecule has 0 aliphatic carbocycles. The largest absolute Gasteiger partial charge is 0.353 e. The first-order valence-electron chi connectivity index (χ1n) is 10.4. The van der Waals surface area contributed by atoms with Crippen molar-refractivity contribution in [3.8, 4) is 0 Å². The number of nitrogens with zero attached hydrogens (tertiary/aromatic N) is 3. The highest BCUT2D eigenvalue weighted by atomic mass is 16.2. The van der Waals surface area contributed by atoms with Gasteiger partial charge >= 0.3 is 0 Å². The maximum absolute atomic E-state index is 12.5. The van der Waals surface area contributed by atoms with Crippen LogP contribution in [0.2, 0.25) is 0 Å². The van der Waals surface area contributed by atoms with Gasteiger partial charge in [-0.3, -0.25) is 9.59 Å². The molecule has 1 aliphatic rings. The van der Waals surface area contributed by atoms with Gasteiger partial charge in [-0.25, -0.2) is 4.98 Å². The fraction of sp³-hybridized carbons (Fsp3) is 0.435. The number of aromatic nitrogens is 1. The second kappa shape index (κ2) is 9.54. The molecule has 0 saturated carbocycles. The molecule has 1 fully saturated rings. The third kappa shape index (κ3) is 5.13. The van der Waals surface area contributed by atoms with Crippen molar-refractivity contribution < 1.29 is 9.59 Å². The average Bonchev–Trinajstić information content (AvgIpc) is 2.75. The van der Waals surface area contributed by atoms with Crippen LogP contribution in [0.5, 0.6) is 0 Å². The first kappa shape index (κ1) is 20.8. The summed E-state index contributed by atoms with van der Waals surface area (Å²) in [4.78, 5) is 33.5. The molecule has 0 bridgehead atoms. The Morgan fingerprint density at radius 2 is 1.66 bits per heavy atom. The van der Waals surface area contributed by atoms with Crippen LogP contribution in [0, 0.1) is 12.8 Å². The van der Waals surface area contributed by atoms with Gasteiger partial charge in [-0.15, -0.1) is 0 Å². The molecule has 2 aromatic rings. The highest BCUT2D eigenvalue weighted by Gasteiger charge is 2.25. The quantitative estimate of drug-likeness (QED) is 0.811. The molecule has 2 amide bonds. The molecular weight excluding hydrogens is 364 g/mol. The summed E-state index contributed by atoms with van der Waals surface area (Å²) in [5.41, 5.74) is 2.41. The highest BCUT2D eigenvalue weighted by molar-refractivity contribution is 6.04. The Morgan fingerprint density at radius 1 is 1.00 bits per heavy atom. The van der Waals surface area contributed by atoms with Crippen LogP contribution >= 0.6 is 0 Å². The van der Waals surface area contributed by atoms with Crippen molar-refractivity contribution in [2.75, 3.05) is 36.4 Å². The molecule has 0 atom stereocenters. The number of carbonyl (C=O) groups excluding carboxylic acids is 2. The summed E-state index contributed by atoms with van der Waals surface area (Å²) in [6.07, 6.45) is 3.48. The number of hydrogen-bond acceptors (Lipinski definition) is 4. The first-order valence-corrected chi connectivity index (χ1v) is 10.4. The lowest BCUT2D eigenvalue weighted by atomic mass is 10.0. The van der Waals surface area contributed by atoms with Crippen LogP contribution < -0.4 is 10.2 Å². The molecule has 29 heavy (non-hydrogen) atoms. The number of piperazine rings is 1. The van der Waals surface area contributed by atoms with E-state index in [-0.39, 0.29) is 17.7 Å².